The predicted molar refractivity (Wildman–Crippen MR) is 113 cm³/mol. The summed E-state index contributed by atoms with van der Waals surface area (Å²) in [4.78, 5) is 36.9. The van der Waals surface area contributed by atoms with E-state index in [1.165, 1.54) is 29.7 Å². The van der Waals surface area contributed by atoms with Gasteiger partial charge in [-0.3, -0.25) is 19.0 Å². The van der Waals surface area contributed by atoms with Crippen molar-refractivity contribution in [2.24, 2.45) is 5.92 Å². The van der Waals surface area contributed by atoms with Crippen LogP contribution >= 0.6 is 0 Å². The van der Waals surface area contributed by atoms with Crippen LogP contribution in [0.3, 0.4) is 0 Å². The maximum Gasteiger partial charge on any atom is 0.308 e. The Morgan fingerprint density at radius 3 is 2.38 bits per heavy atom. The monoisotopic (exact) mass is 444 g/mol. The molecule has 3 aromatic rings. The number of phenolic OH excluding ortho intramolecular Hbond substituents is 1. The molecule has 7 nitrogen and oxygen atoms in total. The van der Waals surface area contributed by atoms with Crippen LogP contribution in [-0.2, 0) is 9.59 Å². The number of phenols is 1. The quantitative estimate of drug-likeness (QED) is 0.539. The molecule has 168 valence electrons. The van der Waals surface area contributed by atoms with E-state index in [2.05, 4.69) is 5.32 Å². The van der Waals surface area contributed by atoms with Crippen LogP contribution in [0, 0.1) is 24.5 Å². The van der Waals surface area contributed by atoms with Gasteiger partial charge in [-0.1, -0.05) is 6.92 Å². The van der Waals surface area contributed by atoms with E-state index >= 15 is 0 Å². The maximum absolute atomic E-state index is 13.7. The SMILES string of the molecule is Cc1c([C@H](C)C(=O)NCC(C)C(=O)O)c2cc(O)ccc2n1C(=O)c1ccc(F)c(F)c1. The van der Waals surface area contributed by atoms with Crippen LogP contribution in [0.5, 0.6) is 5.75 Å². The molecule has 0 bridgehead atoms. The fourth-order valence-corrected chi connectivity index (χ4v) is 3.62. The zero-order valence-corrected chi connectivity index (χ0v) is 17.6. The number of aromatic hydroxyl groups is 1. The van der Waals surface area contributed by atoms with Gasteiger partial charge >= 0.3 is 5.97 Å². The molecule has 2 aromatic carbocycles. The molecule has 0 saturated heterocycles. The number of rotatable bonds is 6. The Morgan fingerprint density at radius 2 is 1.75 bits per heavy atom. The second-order valence-corrected chi connectivity index (χ2v) is 7.68. The van der Waals surface area contributed by atoms with Gasteiger partial charge in [0.1, 0.15) is 5.75 Å². The number of nitrogens with zero attached hydrogens (tertiary/aromatic N) is 1. The molecular formula is C23H22F2N2O5. The highest BCUT2D eigenvalue weighted by atomic mass is 19.2. The first kappa shape index (κ1) is 22.9. The molecule has 0 spiro atoms. The molecule has 32 heavy (non-hydrogen) atoms. The van der Waals surface area contributed by atoms with Crippen LogP contribution in [-0.4, -0.2) is 39.1 Å². The number of halogens is 2. The van der Waals surface area contributed by atoms with Crippen LogP contribution in [0.1, 0.15) is 41.4 Å². The van der Waals surface area contributed by atoms with Crippen LogP contribution in [0.2, 0.25) is 0 Å². The van der Waals surface area contributed by atoms with E-state index in [1.807, 2.05) is 0 Å². The Balaban J connectivity index is 2.08. The van der Waals surface area contributed by atoms with Gasteiger partial charge in [0.25, 0.3) is 5.91 Å². The molecule has 0 saturated carbocycles. The zero-order chi connectivity index (χ0) is 23.7. The summed E-state index contributed by atoms with van der Waals surface area (Å²) in [6.45, 7) is 4.59. The third kappa shape index (κ3) is 4.18. The van der Waals surface area contributed by atoms with Gasteiger partial charge in [0, 0.05) is 23.2 Å². The highest BCUT2D eigenvalue weighted by Crippen LogP contribution is 2.34. The van der Waals surface area contributed by atoms with Crippen LogP contribution < -0.4 is 5.32 Å². The van der Waals surface area contributed by atoms with Gasteiger partial charge in [0.2, 0.25) is 5.91 Å². The number of benzene rings is 2. The number of carbonyl (C=O) groups is 3. The zero-order valence-electron chi connectivity index (χ0n) is 17.6. The number of fused-ring (bicyclic) bond motifs is 1. The van der Waals surface area contributed by atoms with E-state index in [9.17, 15) is 28.3 Å². The Bertz CT molecular complexity index is 1230. The first-order valence-corrected chi connectivity index (χ1v) is 9.87. The summed E-state index contributed by atoms with van der Waals surface area (Å²) >= 11 is 0. The third-order valence-electron chi connectivity index (χ3n) is 5.44. The normalized spacial score (nSPS) is 13.0. The van der Waals surface area contributed by atoms with Crippen molar-refractivity contribution in [3.63, 3.8) is 0 Å². The minimum Gasteiger partial charge on any atom is -0.508 e. The van der Waals surface area contributed by atoms with Crippen molar-refractivity contribution in [3.05, 3.63) is 64.9 Å². The van der Waals surface area contributed by atoms with Crippen molar-refractivity contribution < 1.29 is 33.4 Å². The fraction of sp³-hybridized carbons (Fsp3) is 0.261. The Kier molecular flexibility index (Phi) is 6.29. The lowest BCUT2D eigenvalue weighted by Crippen LogP contribution is -2.34. The molecule has 0 radical (unpaired) electrons. The smallest absolute Gasteiger partial charge is 0.308 e. The highest BCUT2D eigenvalue weighted by molar-refractivity contribution is 6.05. The molecule has 1 heterocycles. The third-order valence-corrected chi connectivity index (χ3v) is 5.44. The van der Waals surface area contributed by atoms with E-state index < -0.39 is 41.3 Å². The van der Waals surface area contributed by atoms with Gasteiger partial charge < -0.3 is 15.5 Å². The summed E-state index contributed by atoms with van der Waals surface area (Å²) in [7, 11) is 0. The maximum atomic E-state index is 13.7. The molecule has 9 heteroatoms. The summed E-state index contributed by atoms with van der Waals surface area (Å²) in [6.07, 6.45) is 0. The van der Waals surface area contributed by atoms with E-state index in [1.54, 1.807) is 13.8 Å². The minimum atomic E-state index is -1.16. The van der Waals surface area contributed by atoms with Gasteiger partial charge in [-0.2, -0.15) is 0 Å². The fourth-order valence-electron chi connectivity index (χ4n) is 3.62. The van der Waals surface area contributed by atoms with E-state index in [-0.39, 0.29) is 17.9 Å². The molecule has 3 N–H and O–H groups in total. The van der Waals surface area contributed by atoms with Gasteiger partial charge in [-0.25, -0.2) is 8.78 Å². The van der Waals surface area contributed by atoms with Crippen molar-refractivity contribution in [2.45, 2.75) is 26.7 Å². The van der Waals surface area contributed by atoms with Crippen molar-refractivity contribution in [1.29, 1.82) is 0 Å². The molecule has 0 aliphatic carbocycles. The number of carbonyl (C=O) groups excluding carboxylic acids is 2. The molecular weight excluding hydrogens is 422 g/mol. The molecule has 2 atom stereocenters. The number of amides is 1. The number of carboxylic acids is 1. The largest absolute Gasteiger partial charge is 0.508 e. The van der Waals surface area contributed by atoms with Crippen molar-refractivity contribution in [1.82, 2.24) is 9.88 Å². The number of nitrogens with one attached hydrogen (secondary N) is 1. The van der Waals surface area contributed by atoms with Gasteiger partial charge in [-0.05, 0) is 55.8 Å². The molecule has 1 aromatic heterocycles. The van der Waals surface area contributed by atoms with Gasteiger partial charge in [0.05, 0.1) is 17.4 Å². The summed E-state index contributed by atoms with van der Waals surface area (Å²) in [5.74, 6) is -6.03. The molecule has 0 aliphatic rings. The first-order chi connectivity index (χ1) is 15.0. The second kappa shape index (κ2) is 8.78. The van der Waals surface area contributed by atoms with Crippen LogP contribution in [0.15, 0.2) is 36.4 Å². The number of aliphatic carboxylic acids is 1. The molecule has 1 unspecified atom stereocenters. The predicted octanol–water partition coefficient (Wildman–Crippen LogP) is 3.56. The van der Waals surface area contributed by atoms with Crippen molar-refractivity contribution in [2.75, 3.05) is 6.54 Å². The standard InChI is InChI=1S/C23H22F2N2O5/c1-11(23(31)32)10-26-21(29)12(2)20-13(3)27(19-7-5-15(28)9-16(19)20)22(30)14-4-6-17(24)18(25)8-14/h4-9,11-12,28H,10H2,1-3H3,(H,26,29)(H,31,32)/t11?,12-/m0/s1. The second-order valence-electron chi connectivity index (χ2n) is 7.68. The number of hydrogen-bond acceptors (Lipinski definition) is 4. The Morgan fingerprint density at radius 1 is 1.06 bits per heavy atom. The Labute approximate surface area is 182 Å². The molecule has 0 aliphatic heterocycles. The summed E-state index contributed by atoms with van der Waals surface area (Å²) < 4.78 is 28.3. The summed E-state index contributed by atoms with van der Waals surface area (Å²) in [6, 6.07) is 7.10. The van der Waals surface area contributed by atoms with E-state index in [0.29, 0.717) is 22.2 Å². The van der Waals surface area contributed by atoms with Crippen molar-refractivity contribution in [3.8, 4) is 5.75 Å². The van der Waals surface area contributed by atoms with Crippen LogP contribution in [0.4, 0.5) is 8.78 Å². The van der Waals surface area contributed by atoms with E-state index in [4.69, 9.17) is 5.11 Å². The number of aromatic nitrogens is 1. The lowest BCUT2D eigenvalue weighted by Gasteiger charge is -2.15. The first-order valence-electron chi connectivity index (χ1n) is 9.87. The molecule has 1 amide bonds. The Hall–Kier alpha value is -3.75. The highest BCUT2D eigenvalue weighted by Gasteiger charge is 2.27. The minimum absolute atomic E-state index is 0.0742. The molecule has 3 rings (SSSR count). The lowest BCUT2D eigenvalue weighted by molar-refractivity contribution is -0.141. The summed E-state index contributed by atoms with van der Waals surface area (Å²) in [5.41, 5.74) is 1.13. The van der Waals surface area contributed by atoms with Crippen molar-refractivity contribution >= 4 is 28.7 Å². The van der Waals surface area contributed by atoms with Gasteiger partial charge in [-0.15, -0.1) is 0 Å². The van der Waals surface area contributed by atoms with Gasteiger partial charge in [0.15, 0.2) is 11.6 Å². The topological polar surface area (TPSA) is 109 Å². The number of carboxylic acid groups (broad SMARTS) is 1. The summed E-state index contributed by atoms with van der Waals surface area (Å²) in [5, 5.41) is 22.0. The average Bonchev–Trinajstić information content (AvgIpc) is 3.03. The number of hydrogen-bond donors (Lipinski definition) is 3. The van der Waals surface area contributed by atoms with Crippen LogP contribution in [0.25, 0.3) is 10.9 Å². The van der Waals surface area contributed by atoms with E-state index in [0.717, 1.165) is 18.2 Å². The average molecular weight is 444 g/mol. The molecule has 0 fully saturated rings. The lowest BCUT2D eigenvalue weighted by atomic mass is 9.96.